The molecule has 1 amide bonds. The fraction of sp³-hybridized carbons (Fsp3) is 0.231. The zero-order valence-corrected chi connectivity index (χ0v) is 21.1. The molecule has 0 N–H and O–H groups in total. The number of pyridine rings is 1. The maximum absolute atomic E-state index is 13.7. The van der Waals surface area contributed by atoms with Gasteiger partial charge < -0.3 is 9.80 Å². The Bertz CT molecular complexity index is 1510. The van der Waals surface area contributed by atoms with Crippen molar-refractivity contribution in [2.75, 3.05) is 38.1 Å². The Morgan fingerprint density at radius 3 is 2.44 bits per heavy atom. The Morgan fingerprint density at radius 2 is 1.81 bits per heavy atom. The van der Waals surface area contributed by atoms with Gasteiger partial charge in [-0.3, -0.25) is 14.2 Å². The number of thiophene rings is 1. The van der Waals surface area contributed by atoms with Gasteiger partial charge in [0.1, 0.15) is 11.5 Å². The smallest absolute Gasteiger partial charge is 0.344 e. The number of aromatic nitrogens is 1. The number of carbonyl (C=O) groups excluding carboxylic acids is 1. The van der Waals surface area contributed by atoms with Crippen LogP contribution in [0.4, 0.5) is 15.8 Å². The molecule has 1 saturated heterocycles. The Kier molecular flexibility index (Phi) is 6.59. The number of fused-ring (bicyclic) bond motifs is 1. The van der Waals surface area contributed by atoms with E-state index >= 15 is 0 Å². The van der Waals surface area contributed by atoms with E-state index in [4.69, 9.17) is 11.6 Å². The third-order valence-electron chi connectivity index (χ3n) is 6.36. The first-order valence-electron chi connectivity index (χ1n) is 11.4. The molecule has 1 fully saturated rings. The van der Waals surface area contributed by atoms with Crippen LogP contribution in [0.15, 0.2) is 64.8 Å². The predicted molar refractivity (Wildman–Crippen MR) is 140 cm³/mol. The quantitative estimate of drug-likeness (QED) is 0.347. The number of nitrogens with zero attached hydrogens (tertiary/aromatic N) is 4. The number of piperazine rings is 1. The Balaban J connectivity index is 1.57. The van der Waals surface area contributed by atoms with Crippen molar-refractivity contribution in [1.29, 1.82) is 0 Å². The number of halogens is 2. The van der Waals surface area contributed by atoms with Crippen molar-refractivity contribution in [3.63, 3.8) is 0 Å². The lowest BCUT2D eigenvalue weighted by Crippen LogP contribution is -2.49. The zero-order chi connectivity index (χ0) is 25.4. The summed E-state index contributed by atoms with van der Waals surface area (Å²) in [6, 6.07) is 14.8. The summed E-state index contributed by atoms with van der Waals surface area (Å²) >= 11 is 7.77. The molecular formula is C26H23ClFN4O3S+. The van der Waals surface area contributed by atoms with E-state index in [1.807, 2.05) is 16.3 Å². The minimum atomic E-state index is -0.446. The number of nitroso groups, excluding NO2 is 1. The first-order chi connectivity index (χ1) is 17.3. The molecule has 36 heavy (non-hydrogen) atoms. The molecule has 0 bridgehead atoms. The molecule has 0 aliphatic carbocycles. The second-order valence-electron chi connectivity index (χ2n) is 8.63. The summed E-state index contributed by atoms with van der Waals surface area (Å²) in [5.41, 5.74) is 1.41. The third kappa shape index (κ3) is 4.52. The molecule has 10 heteroatoms. The van der Waals surface area contributed by atoms with Crippen LogP contribution in [0, 0.1) is 10.7 Å². The fourth-order valence-corrected chi connectivity index (χ4v) is 5.48. The van der Waals surface area contributed by atoms with E-state index in [1.165, 1.54) is 35.1 Å². The molecule has 2 aromatic heterocycles. The number of rotatable bonds is 5. The number of benzene rings is 2. The highest BCUT2D eigenvalue weighted by Crippen LogP contribution is 2.36. The van der Waals surface area contributed by atoms with Crippen LogP contribution in [0.2, 0.25) is 5.02 Å². The molecule has 4 aromatic rings. The van der Waals surface area contributed by atoms with Crippen molar-refractivity contribution in [2.45, 2.75) is 6.54 Å². The normalized spacial score (nSPS) is 13.9. The Labute approximate surface area is 215 Å². The minimum Gasteiger partial charge on any atom is -0.362 e. The average Bonchev–Trinajstić information content (AvgIpc) is 3.41. The van der Waals surface area contributed by atoms with Crippen LogP contribution in [0.25, 0.3) is 10.9 Å². The highest BCUT2D eigenvalue weighted by atomic mass is 35.5. The van der Waals surface area contributed by atoms with Crippen LogP contribution >= 0.6 is 22.9 Å². The molecule has 0 saturated carbocycles. The van der Waals surface area contributed by atoms with Gasteiger partial charge >= 0.3 is 11.2 Å². The lowest BCUT2D eigenvalue weighted by Gasteiger charge is -2.36. The van der Waals surface area contributed by atoms with Crippen molar-refractivity contribution in [3.05, 3.63) is 96.5 Å². The molecule has 1 aliphatic heterocycles. The summed E-state index contributed by atoms with van der Waals surface area (Å²) < 4.78 is 15.5. The van der Waals surface area contributed by atoms with Crippen LogP contribution in [0.1, 0.15) is 15.2 Å². The Hall–Kier alpha value is -3.56. The highest BCUT2D eigenvalue weighted by molar-refractivity contribution is 7.12. The second-order valence-corrected chi connectivity index (χ2v) is 10.0. The average molecular weight is 526 g/mol. The van der Waals surface area contributed by atoms with Crippen LogP contribution in [-0.2, 0) is 6.54 Å². The van der Waals surface area contributed by atoms with Crippen molar-refractivity contribution in [2.24, 2.45) is 0 Å². The number of anilines is 1. The predicted octanol–water partition coefficient (Wildman–Crippen LogP) is 4.91. The number of amides is 1. The molecule has 7 nitrogen and oxygen atoms in total. The molecule has 0 radical (unpaired) electrons. The molecule has 5 rings (SSSR count). The molecule has 2 aromatic carbocycles. The van der Waals surface area contributed by atoms with Crippen LogP contribution < -0.4 is 10.5 Å². The van der Waals surface area contributed by atoms with E-state index in [9.17, 15) is 18.9 Å². The summed E-state index contributed by atoms with van der Waals surface area (Å²) in [6.45, 7) is 2.00. The van der Waals surface area contributed by atoms with Gasteiger partial charge in [-0.05, 0) is 47.3 Å². The standard InChI is InChI=1S/C26H23ClFN4O3S/c1-29(35)24-23(30-10-12-31(13-11-30)25(33)22-3-2-14-36-22)20-15-18(27)6-9-21(20)32(26(24)34)16-17-4-7-19(28)8-5-17/h2-9,14-15H,10-13,16H2,1H3/q+1. The van der Waals surface area contributed by atoms with E-state index in [2.05, 4.69) is 0 Å². The highest BCUT2D eigenvalue weighted by Gasteiger charge is 2.33. The Morgan fingerprint density at radius 1 is 1.08 bits per heavy atom. The maximum atomic E-state index is 13.7. The van der Waals surface area contributed by atoms with Gasteiger partial charge in [-0.25, -0.2) is 4.39 Å². The van der Waals surface area contributed by atoms with Gasteiger partial charge in [0.2, 0.25) is 0 Å². The summed E-state index contributed by atoms with van der Waals surface area (Å²) in [4.78, 5) is 43.7. The number of hydrogen-bond acceptors (Lipinski definition) is 5. The van der Waals surface area contributed by atoms with Crippen molar-refractivity contribution < 1.29 is 13.9 Å². The van der Waals surface area contributed by atoms with Crippen LogP contribution in [0.3, 0.4) is 0 Å². The molecule has 0 unspecified atom stereocenters. The first kappa shape index (κ1) is 24.1. The van der Waals surface area contributed by atoms with Crippen LogP contribution in [-0.4, -0.2) is 53.4 Å². The number of carbonyl (C=O) groups is 1. The van der Waals surface area contributed by atoms with Gasteiger partial charge in [0.25, 0.3) is 5.91 Å². The van der Waals surface area contributed by atoms with E-state index in [1.54, 1.807) is 41.3 Å². The molecule has 3 heterocycles. The monoisotopic (exact) mass is 525 g/mol. The van der Waals surface area contributed by atoms with Crippen molar-refractivity contribution in [1.82, 2.24) is 9.47 Å². The third-order valence-corrected chi connectivity index (χ3v) is 7.45. The maximum Gasteiger partial charge on any atom is 0.344 e. The number of hydrogen-bond donors (Lipinski definition) is 0. The first-order valence-corrected chi connectivity index (χ1v) is 12.7. The van der Waals surface area contributed by atoms with E-state index in [0.29, 0.717) is 57.4 Å². The SMILES string of the molecule is C[N+](=O)c1c(N2CCN(C(=O)c3cccs3)CC2)c2cc(Cl)ccc2n(Cc2ccc(F)cc2)c1=O. The van der Waals surface area contributed by atoms with Gasteiger partial charge in [-0.2, -0.15) is 0 Å². The topological polar surface area (TPSA) is 65.6 Å². The van der Waals surface area contributed by atoms with E-state index < -0.39 is 5.56 Å². The lowest BCUT2D eigenvalue weighted by molar-refractivity contribution is -0.428. The fourth-order valence-electron chi connectivity index (χ4n) is 4.62. The zero-order valence-electron chi connectivity index (χ0n) is 19.5. The van der Waals surface area contributed by atoms with Gasteiger partial charge in [-0.1, -0.05) is 29.8 Å². The minimum absolute atomic E-state index is 0.00455. The van der Waals surface area contributed by atoms with Gasteiger partial charge in [0.05, 0.1) is 16.9 Å². The van der Waals surface area contributed by atoms with Gasteiger partial charge in [-0.15, -0.1) is 11.3 Å². The molecule has 184 valence electrons. The molecular weight excluding hydrogens is 503 g/mol. The summed E-state index contributed by atoms with van der Waals surface area (Å²) in [7, 11) is 1.30. The van der Waals surface area contributed by atoms with Gasteiger partial charge in [0.15, 0.2) is 7.05 Å². The lowest BCUT2D eigenvalue weighted by atomic mass is 10.1. The second kappa shape index (κ2) is 9.83. The van der Waals surface area contributed by atoms with Crippen molar-refractivity contribution >= 4 is 51.1 Å². The van der Waals surface area contributed by atoms with E-state index in [-0.39, 0.29) is 24.0 Å². The van der Waals surface area contributed by atoms with E-state index in [0.717, 1.165) is 5.56 Å². The summed E-state index contributed by atoms with van der Waals surface area (Å²) in [6.07, 6.45) is 0. The summed E-state index contributed by atoms with van der Waals surface area (Å²) in [5, 5.41) is 3.01. The largest absolute Gasteiger partial charge is 0.362 e. The molecule has 0 atom stereocenters. The van der Waals surface area contributed by atoms with Gasteiger partial charge in [0, 0.05) is 46.3 Å². The van der Waals surface area contributed by atoms with Crippen molar-refractivity contribution in [3.8, 4) is 0 Å². The molecule has 0 spiro atoms. The van der Waals surface area contributed by atoms with Crippen LogP contribution in [0.5, 0.6) is 0 Å². The summed E-state index contributed by atoms with van der Waals surface area (Å²) in [5.74, 6) is -0.386. The molecule has 1 aliphatic rings.